The van der Waals surface area contributed by atoms with Gasteiger partial charge in [0.1, 0.15) is 5.01 Å². The monoisotopic (exact) mass is 425 g/mol. The number of aromatic nitrogens is 2. The number of nitrogens with zero attached hydrogens (tertiary/aromatic N) is 2. The summed E-state index contributed by atoms with van der Waals surface area (Å²) in [5.74, 6) is -0.319. The molecule has 4 aromatic rings. The number of nitrogens with one attached hydrogen (secondary N) is 1. The van der Waals surface area contributed by atoms with Crippen LogP contribution in [0.25, 0.3) is 21.8 Å². The molecule has 28 heavy (non-hydrogen) atoms. The number of halogens is 2. The van der Waals surface area contributed by atoms with Gasteiger partial charge in [0.25, 0.3) is 5.91 Å². The molecule has 4 nitrogen and oxygen atoms in total. The molecule has 0 aliphatic rings. The summed E-state index contributed by atoms with van der Waals surface area (Å²) in [6, 6.07) is 16.2. The Morgan fingerprint density at radius 3 is 2.61 bits per heavy atom. The van der Waals surface area contributed by atoms with E-state index in [0.29, 0.717) is 21.3 Å². The normalized spacial score (nSPS) is 10.6. The average Bonchev–Trinajstić information content (AvgIpc) is 3.21. The van der Waals surface area contributed by atoms with Gasteiger partial charge in [-0.05, 0) is 42.5 Å². The molecular formula is C21H13Cl2N3OS. The third-order valence-electron chi connectivity index (χ3n) is 4.02. The molecule has 2 heterocycles. The van der Waals surface area contributed by atoms with Crippen LogP contribution in [0.5, 0.6) is 0 Å². The molecule has 0 fully saturated rings. The maximum atomic E-state index is 12.6. The summed E-state index contributed by atoms with van der Waals surface area (Å²) in [5, 5.41) is 6.57. The number of anilines is 1. The Labute approximate surface area is 175 Å². The van der Waals surface area contributed by atoms with Crippen LogP contribution in [0.3, 0.4) is 0 Å². The number of hydrogen-bond donors (Lipinski definition) is 1. The Bertz CT molecular complexity index is 1150. The van der Waals surface area contributed by atoms with Crippen molar-refractivity contribution in [2.24, 2.45) is 0 Å². The minimum atomic E-state index is -0.319. The molecule has 1 amide bonds. The second-order valence-corrected chi connectivity index (χ2v) is 7.63. The van der Waals surface area contributed by atoms with Gasteiger partial charge in [0.15, 0.2) is 0 Å². The van der Waals surface area contributed by atoms with Crippen molar-refractivity contribution in [3.05, 3.63) is 88.0 Å². The molecule has 0 radical (unpaired) electrons. The number of rotatable bonds is 4. The lowest BCUT2D eigenvalue weighted by molar-refractivity contribution is 0.102. The largest absolute Gasteiger partial charge is 0.322 e. The molecule has 0 aliphatic heterocycles. The van der Waals surface area contributed by atoms with Crippen LogP contribution in [0.2, 0.25) is 10.0 Å². The molecular weight excluding hydrogens is 413 g/mol. The van der Waals surface area contributed by atoms with E-state index in [1.807, 2.05) is 41.8 Å². The highest BCUT2D eigenvalue weighted by Gasteiger charge is 2.12. The lowest BCUT2D eigenvalue weighted by Gasteiger charge is -2.08. The van der Waals surface area contributed by atoms with Gasteiger partial charge >= 0.3 is 0 Å². The SMILES string of the molecule is O=C(Nc1cccc(-c2csc(-c3ccncc3)n2)c1)c1cc(Cl)ccc1Cl. The second-order valence-electron chi connectivity index (χ2n) is 5.93. The van der Waals surface area contributed by atoms with Crippen molar-refractivity contribution in [1.82, 2.24) is 9.97 Å². The first-order valence-corrected chi connectivity index (χ1v) is 9.96. The van der Waals surface area contributed by atoms with Gasteiger partial charge in [-0.25, -0.2) is 4.98 Å². The van der Waals surface area contributed by atoms with Gasteiger partial charge < -0.3 is 5.32 Å². The van der Waals surface area contributed by atoms with E-state index in [4.69, 9.17) is 28.2 Å². The lowest BCUT2D eigenvalue weighted by atomic mass is 10.1. The van der Waals surface area contributed by atoms with Crippen LogP contribution >= 0.6 is 34.5 Å². The molecule has 7 heteroatoms. The minimum absolute atomic E-state index is 0.319. The van der Waals surface area contributed by atoms with E-state index >= 15 is 0 Å². The van der Waals surface area contributed by atoms with Crippen molar-refractivity contribution in [2.45, 2.75) is 0 Å². The van der Waals surface area contributed by atoms with Crippen molar-refractivity contribution in [3.63, 3.8) is 0 Å². The summed E-state index contributed by atoms with van der Waals surface area (Å²) in [7, 11) is 0. The van der Waals surface area contributed by atoms with Gasteiger partial charge in [-0.1, -0.05) is 35.3 Å². The fourth-order valence-corrected chi connectivity index (χ4v) is 3.87. The summed E-state index contributed by atoms with van der Waals surface area (Å²) < 4.78 is 0. The van der Waals surface area contributed by atoms with E-state index in [0.717, 1.165) is 21.8 Å². The molecule has 0 unspecified atom stereocenters. The predicted octanol–water partition coefficient (Wildman–Crippen LogP) is 6.43. The van der Waals surface area contributed by atoms with Crippen LogP contribution in [0.4, 0.5) is 5.69 Å². The summed E-state index contributed by atoms with van der Waals surface area (Å²) >= 11 is 13.6. The van der Waals surface area contributed by atoms with Crippen LogP contribution in [0.15, 0.2) is 72.4 Å². The number of benzene rings is 2. The van der Waals surface area contributed by atoms with E-state index in [9.17, 15) is 4.79 Å². The number of carbonyl (C=O) groups is 1. The molecule has 0 atom stereocenters. The maximum absolute atomic E-state index is 12.6. The highest BCUT2D eigenvalue weighted by atomic mass is 35.5. The van der Waals surface area contributed by atoms with Gasteiger partial charge in [0.05, 0.1) is 16.3 Å². The van der Waals surface area contributed by atoms with Crippen LogP contribution in [-0.2, 0) is 0 Å². The molecule has 0 spiro atoms. The second kappa shape index (κ2) is 8.10. The minimum Gasteiger partial charge on any atom is -0.322 e. The van der Waals surface area contributed by atoms with Crippen molar-refractivity contribution >= 4 is 46.1 Å². The quantitative estimate of drug-likeness (QED) is 0.409. The van der Waals surface area contributed by atoms with Gasteiger partial charge in [-0.3, -0.25) is 9.78 Å². The lowest BCUT2D eigenvalue weighted by Crippen LogP contribution is -2.12. The average molecular weight is 426 g/mol. The van der Waals surface area contributed by atoms with Crippen molar-refractivity contribution in [3.8, 4) is 21.8 Å². The van der Waals surface area contributed by atoms with E-state index in [1.165, 1.54) is 0 Å². The first kappa shape index (κ1) is 18.6. The zero-order valence-electron chi connectivity index (χ0n) is 14.4. The number of amides is 1. The molecule has 1 N–H and O–H groups in total. The van der Waals surface area contributed by atoms with Gasteiger partial charge in [-0.15, -0.1) is 11.3 Å². The summed E-state index contributed by atoms with van der Waals surface area (Å²) in [4.78, 5) is 21.3. The van der Waals surface area contributed by atoms with Crippen molar-refractivity contribution in [1.29, 1.82) is 0 Å². The number of hydrogen-bond acceptors (Lipinski definition) is 4. The van der Waals surface area contributed by atoms with Crippen molar-refractivity contribution < 1.29 is 4.79 Å². The number of carbonyl (C=O) groups excluding carboxylic acids is 1. The van der Waals surface area contributed by atoms with Crippen LogP contribution < -0.4 is 5.32 Å². The molecule has 0 saturated carbocycles. The number of thiazole rings is 1. The summed E-state index contributed by atoms with van der Waals surface area (Å²) in [6.45, 7) is 0. The predicted molar refractivity (Wildman–Crippen MR) is 115 cm³/mol. The Morgan fingerprint density at radius 1 is 0.964 bits per heavy atom. The standard InChI is InChI=1S/C21H13Cl2N3OS/c22-15-4-5-18(23)17(11-15)20(27)25-16-3-1-2-14(10-16)19-12-28-21(26-19)13-6-8-24-9-7-13/h1-12H,(H,25,27). The first-order valence-electron chi connectivity index (χ1n) is 8.33. The molecule has 2 aromatic carbocycles. The van der Waals surface area contributed by atoms with E-state index in [1.54, 1.807) is 41.9 Å². The smallest absolute Gasteiger partial charge is 0.257 e. The van der Waals surface area contributed by atoms with Crippen molar-refractivity contribution in [2.75, 3.05) is 5.32 Å². The third-order valence-corrected chi connectivity index (χ3v) is 5.48. The highest BCUT2D eigenvalue weighted by molar-refractivity contribution is 7.13. The fraction of sp³-hybridized carbons (Fsp3) is 0. The zero-order chi connectivity index (χ0) is 19.5. The maximum Gasteiger partial charge on any atom is 0.257 e. The Morgan fingerprint density at radius 2 is 1.79 bits per heavy atom. The number of pyridine rings is 1. The fourth-order valence-electron chi connectivity index (χ4n) is 2.66. The summed E-state index contributed by atoms with van der Waals surface area (Å²) in [5.41, 5.74) is 3.75. The van der Waals surface area contributed by atoms with Gasteiger partial charge in [0.2, 0.25) is 0 Å². The van der Waals surface area contributed by atoms with E-state index < -0.39 is 0 Å². The first-order chi connectivity index (χ1) is 13.6. The Balaban J connectivity index is 1.58. The van der Waals surface area contributed by atoms with Crippen LogP contribution in [-0.4, -0.2) is 15.9 Å². The highest BCUT2D eigenvalue weighted by Crippen LogP contribution is 2.30. The van der Waals surface area contributed by atoms with E-state index in [-0.39, 0.29) is 5.91 Å². The molecule has 0 bridgehead atoms. The molecule has 138 valence electrons. The molecule has 0 saturated heterocycles. The van der Waals surface area contributed by atoms with Crippen LogP contribution in [0, 0.1) is 0 Å². The molecule has 0 aliphatic carbocycles. The van der Waals surface area contributed by atoms with Gasteiger partial charge in [-0.2, -0.15) is 0 Å². The third kappa shape index (κ3) is 4.07. The molecule has 2 aromatic heterocycles. The topological polar surface area (TPSA) is 54.9 Å². The van der Waals surface area contributed by atoms with Crippen LogP contribution in [0.1, 0.15) is 10.4 Å². The molecule has 4 rings (SSSR count). The van der Waals surface area contributed by atoms with Gasteiger partial charge in [0, 0.05) is 39.6 Å². The Hall–Kier alpha value is -2.73. The summed E-state index contributed by atoms with van der Waals surface area (Å²) in [6.07, 6.45) is 3.49. The van der Waals surface area contributed by atoms with E-state index in [2.05, 4.69) is 10.3 Å². The zero-order valence-corrected chi connectivity index (χ0v) is 16.7. The Kier molecular flexibility index (Phi) is 5.39.